The summed E-state index contributed by atoms with van der Waals surface area (Å²) in [6.45, 7) is 7.73. The summed E-state index contributed by atoms with van der Waals surface area (Å²) < 4.78 is 5.38. The highest BCUT2D eigenvalue weighted by atomic mass is 35.5. The molecule has 1 atom stereocenters. The molecule has 1 saturated heterocycles. The van der Waals surface area contributed by atoms with E-state index in [0.717, 1.165) is 44.6 Å². The molecule has 4 rings (SSSR count). The van der Waals surface area contributed by atoms with Gasteiger partial charge in [0.2, 0.25) is 0 Å². The summed E-state index contributed by atoms with van der Waals surface area (Å²) in [5, 5.41) is 3.47. The maximum atomic E-state index is 12.6. The maximum Gasteiger partial charge on any atom is 0.254 e. The second-order valence-electron chi connectivity index (χ2n) is 9.77. The number of amides is 1. The van der Waals surface area contributed by atoms with Gasteiger partial charge in [-0.3, -0.25) is 14.8 Å². The van der Waals surface area contributed by atoms with Crippen LogP contribution < -0.4 is 15.0 Å². The van der Waals surface area contributed by atoms with Gasteiger partial charge >= 0.3 is 0 Å². The van der Waals surface area contributed by atoms with Crippen LogP contribution in [0.5, 0.6) is 5.75 Å². The first kappa shape index (κ1) is 28.1. The fourth-order valence-corrected chi connectivity index (χ4v) is 5.52. The molecular formula is C29H35Cl2N5O2. The Balaban J connectivity index is 1.34. The van der Waals surface area contributed by atoms with E-state index in [9.17, 15) is 4.79 Å². The van der Waals surface area contributed by atoms with Crippen LogP contribution in [0.25, 0.3) is 0 Å². The topological polar surface area (TPSA) is 70.6 Å². The molecule has 1 amide bonds. The van der Waals surface area contributed by atoms with Crippen LogP contribution in [-0.2, 0) is 6.54 Å². The predicted octanol–water partition coefficient (Wildman–Crippen LogP) is 5.78. The molecule has 0 unspecified atom stereocenters. The number of nitrogens with zero attached hydrogens (tertiary/aromatic N) is 4. The van der Waals surface area contributed by atoms with Crippen molar-refractivity contribution in [3.8, 4) is 5.75 Å². The summed E-state index contributed by atoms with van der Waals surface area (Å²) in [6.07, 6.45) is 9.64. The highest BCUT2D eigenvalue weighted by Gasteiger charge is 2.28. The normalized spacial score (nSPS) is 15.2. The number of benzene rings is 1. The quantitative estimate of drug-likeness (QED) is 0.342. The first-order valence-electron chi connectivity index (χ1n) is 13.0. The largest absolute Gasteiger partial charge is 0.497 e. The number of anilines is 1. The monoisotopic (exact) mass is 555 g/mol. The third kappa shape index (κ3) is 6.95. The number of piperidine rings is 1. The first-order chi connectivity index (χ1) is 18.4. The van der Waals surface area contributed by atoms with E-state index >= 15 is 0 Å². The summed E-state index contributed by atoms with van der Waals surface area (Å²) in [4.78, 5) is 25.9. The van der Waals surface area contributed by atoms with Gasteiger partial charge in [0, 0.05) is 68.7 Å². The van der Waals surface area contributed by atoms with Crippen molar-refractivity contribution >= 4 is 34.8 Å². The summed E-state index contributed by atoms with van der Waals surface area (Å²) in [7, 11) is 1.69. The average Bonchev–Trinajstić information content (AvgIpc) is 2.93. The molecule has 38 heavy (non-hydrogen) atoms. The van der Waals surface area contributed by atoms with Gasteiger partial charge in [0.05, 0.1) is 22.7 Å². The summed E-state index contributed by atoms with van der Waals surface area (Å²) in [6, 6.07) is 11.2. The summed E-state index contributed by atoms with van der Waals surface area (Å²) in [5.74, 6) is 0.588. The van der Waals surface area contributed by atoms with Gasteiger partial charge in [0.25, 0.3) is 5.91 Å². The first-order valence-corrected chi connectivity index (χ1v) is 13.7. The molecule has 9 heteroatoms. The van der Waals surface area contributed by atoms with Crippen molar-refractivity contribution in [1.82, 2.24) is 20.2 Å². The van der Waals surface area contributed by atoms with Crippen molar-refractivity contribution in [3.05, 3.63) is 81.9 Å². The SMILES string of the molecule is COc1ccc(N(Cc2cnccc2C)C2CCN([C@H](C)CCNC(=O)c3c(Cl)cncc3Cl)CC2)cc1. The average molecular weight is 557 g/mol. The van der Waals surface area contributed by atoms with E-state index < -0.39 is 0 Å². The zero-order chi connectivity index (χ0) is 27.1. The van der Waals surface area contributed by atoms with Crippen LogP contribution in [0.1, 0.15) is 47.7 Å². The molecular weight excluding hydrogens is 521 g/mol. The minimum absolute atomic E-state index is 0.257. The van der Waals surface area contributed by atoms with E-state index in [0.29, 0.717) is 18.6 Å². The molecule has 1 fully saturated rings. The van der Waals surface area contributed by atoms with Gasteiger partial charge in [-0.25, -0.2) is 0 Å². The van der Waals surface area contributed by atoms with Gasteiger partial charge in [-0.1, -0.05) is 23.2 Å². The van der Waals surface area contributed by atoms with E-state index in [1.165, 1.54) is 29.2 Å². The van der Waals surface area contributed by atoms with Crippen molar-refractivity contribution in [1.29, 1.82) is 0 Å². The molecule has 202 valence electrons. The van der Waals surface area contributed by atoms with Gasteiger partial charge in [-0.2, -0.15) is 0 Å². The zero-order valence-corrected chi connectivity index (χ0v) is 23.7. The van der Waals surface area contributed by atoms with Crippen LogP contribution in [0.3, 0.4) is 0 Å². The molecule has 0 radical (unpaired) electrons. The van der Waals surface area contributed by atoms with Crippen LogP contribution in [0.15, 0.2) is 55.1 Å². The molecule has 0 aliphatic carbocycles. The zero-order valence-electron chi connectivity index (χ0n) is 22.2. The standard InChI is InChI=1S/C29H35Cl2N5O2/c1-20-8-12-32-16-22(20)19-36(23-4-6-25(38-3)7-5-23)24-10-14-35(15-11-24)21(2)9-13-34-29(37)28-26(30)17-33-18-27(28)31/h4-8,12,16-18,21,24H,9-11,13-15,19H2,1-3H3,(H,34,37)/t21-/m1/s1. The van der Waals surface area contributed by atoms with E-state index in [1.807, 2.05) is 24.5 Å². The predicted molar refractivity (Wildman–Crippen MR) is 153 cm³/mol. The van der Waals surface area contributed by atoms with Crippen LogP contribution in [-0.4, -0.2) is 59.6 Å². The number of hydrogen-bond donors (Lipinski definition) is 1. The summed E-state index contributed by atoms with van der Waals surface area (Å²) >= 11 is 12.2. The van der Waals surface area contributed by atoms with Gasteiger partial charge in [0.15, 0.2) is 0 Å². The number of halogens is 2. The van der Waals surface area contributed by atoms with Crippen molar-refractivity contribution < 1.29 is 9.53 Å². The summed E-state index contributed by atoms with van der Waals surface area (Å²) in [5.41, 5.74) is 3.96. The Morgan fingerprint density at radius 2 is 1.79 bits per heavy atom. The lowest BCUT2D eigenvalue weighted by atomic mass is 9.99. The molecule has 1 aromatic carbocycles. The van der Waals surface area contributed by atoms with Gasteiger partial charge < -0.3 is 19.9 Å². The van der Waals surface area contributed by atoms with Crippen LogP contribution in [0, 0.1) is 6.92 Å². The lowest BCUT2D eigenvalue weighted by Gasteiger charge is -2.42. The molecule has 3 heterocycles. The Kier molecular flexibility index (Phi) is 9.83. The molecule has 1 aliphatic rings. The van der Waals surface area contributed by atoms with Gasteiger partial charge in [0.1, 0.15) is 5.75 Å². The maximum absolute atomic E-state index is 12.6. The molecule has 1 N–H and O–H groups in total. The number of carbonyl (C=O) groups excluding carboxylic acids is 1. The van der Waals surface area contributed by atoms with Crippen LogP contribution in [0.2, 0.25) is 10.0 Å². The number of likely N-dealkylation sites (tertiary alicyclic amines) is 1. The molecule has 0 saturated carbocycles. The number of ether oxygens (including phenoxy) is 1. The molecule has 1 aliphatic heterocycles. The van der Waals surface area contributed by atoms with Crippen LogP contribution >= 0.6 is 23.2 Å². The van der Waals surface area contributed by atoms with Crippen molar-refractivity contribution in [2.24, 2.45) is 0 Å². The third-order valence-electron chi connectivity index (χ3n) is 7.38. The second kappa shape index (κ2) is 13.3. The van der Waals surface area contributed by atoms with Crippen molar-refractivity contribution in [2.45, 2.75) is 51.7 Å². The van der Waals surface area contributed by atoms with Gasteiger partial charge in [-0.15, -0.1) is 0 Å². The fourth-order valence-electron chi connectivity index (χ4n) is 4.98. The Labute approximate surface area is 235 Å². The van der Waals surface area contributed by atoms with Crippen molar-refractivity contribution in [3.63, 3.8) is 0 Å². The minimum atomic E-state index is -0.269. The Bertz CT molecular complexity index is 1200. The number of methoxy groups -OCH3 is 1. The highest BCUT2D eigenvalue weighted by molar-refractivity contribution is 6.39. The van der Waals surface area contributed by atoms with E-state index in [1.54, 1.807) is 7.11 Å². The number of aromatic nitrogens is 2. The molecule has 0 bridgehead atoms. The molecule has 3 aromatic rings. The second-order valence-corrected chi connectivity index (χ2v) is 10.6. The highest BCUT2D eigenvalue weighted by Crippen LogP contribution is 2.29. The van der Waals surface area contributed by atoms with E-state index in [2.05, 4.69) is 57.1 Å². The lowest BCUT2D eigenvalue weighted by molar-refractivity contribution is 0.0945. The fraction of sp³-hybridized carbons (Fsp3) is 0.414. The molecule has 0 spiro atoms. The number of pyridine rings is 2. The van der Waals surface area contributed by atoms with Gasteiger partial charge in [-0.05, 0) is 74.6 Å². The Morgan fingerprint density at radius 3 is 2.42 bits per heavy atom. The number of nitrogens with one attached hydrogen (secondary N) is 1. The number of hydrogen-bond acceptors (Lipinski definition) is 6. The van der Waals surface area contributed by atoms with E-state index in [-0.39, 0.29) is 21.5 Å². The molecule has 2 aromatic heterocycles. The Hall–Kier alpha value is -2.87. The lowest BCUT2D eigenvalue weighted by Crippen LogP contribution is -2.48. The smallest absolute Gasteiger partial charge is 0.254 e. The van der Waals surface area contributed by atoms with Crippen molar-refractivity contribution in [2.75, 3.05) is 31.6 Å². The minimum Gasteiger partial charge on any atom is -0.497 e. The number of aryl methyl sites for hydroxylation is 1. The van der Waals surface area contributed by atoms with Crippen LogP contribution in [0.4, 0.5) is 5.69 Å². The number of rotatable bonds is 10. The number of carbonyl (C=O) groups is 1. The van der Waals surface area contributed by atoms with E-state index in [4.69, 9.17) is 27.9 Å². The Morgan fingerprint density at radius 1 is 1.11 bits per heavy atom. The third-order valence-corrected chi connectivity index (χ3v) is 7.96. The molecule has 7 nitrogen and oxygen atoms in total.